The minimum atomic E-state index is -0.146. The van der Waals surface area contributed by atoms with Crippen molar-refractivity contribution in [3.8, 4) is 0 Å². The molecule has 0 radical (unpaired) electrons. The van der Waals surface area contributed by atoms with Crippen LogP contribution in [0.25, 0.3) is 0 Å². The normalized spacial score (nSPS) is 18.7. The molecule has 3 amide bonds. The fraction of sp³-hybridized carbons (Fsp3) is 0.480. The second-order valence-corrected chi connectivity index (χ2v) is 8.93. The van der Waals surface area contributed by atoms with Gasteiger partial charge >= 0.3 is 0 Å². The molecular weight excluding hydrogens is 418 g/mol. The Hall–Kier alpha value is -3.29. The van der Waals surface area contributed by atoms with E-state index in [0.29, 0.717) is 41.4 Å². The molecule has 3 heterocycles. The Balaban J connectivity index is 1.43. The molecule has 8 heteroatoms. The smallest absolute Gasteiger partial charge is 0.257 e. The summed E-state index contributed by atoms with van der Waals surface area (Å²) in [6, 6.07) is 6.94. The maximum Gasteiger partial charge on any atom is 0.257 e. The molecule has 0 saturated carbocycles. The minimum Gasteiger partial charge on any atom is -0.339 e. The lowest BCUT2D eigenvalue weighted by molar-refractivity contribution is -0.114. The van der Waals surface area contributed by atoms with E-state index < -0.39 is 0 Å². The number of carbonyl (C=O) groups excluding carboxylic acids is 3. The van der Waals surface area contributed by atoms with Gasteiger partial charge in [-0.1, -0.05) is 0 Å². The van der Waals surface area contributed by atoms with E-state index in [-0.39, 0.29) is 23.6 Å². The molecule has 2 aromatic rings. The number of rotatable bonds is 4. The topological polar surface area (TPSA) is 95.5 Å². The van der Waals surface area contributed by atoms with Crippen LogP contribution in [0, 0.1) is 6.92 Å². The fourth-order valence-electron chi connectivity index (χ4n) is 4.61. The number of piperidine rings is 2. The maximum absolute atomic E-state index is 13.0. The van der Waals surface area contributed by atoms with Gasteiger partial charge in [-0.05, 0) is 63.3 Å². The summed E-state index contributed by atoms with van der Waals surface area (Å²) < 4.78 is 0. The number of likely N-dealkylation sites (tertiary alicyclic amines) is 2. The number of benzene rings is 1. The second kappa shape index (κ2) is 10.1. The van der Waals surface area contributed by atoms with Crippen LogP contribution < -0.4 is 5.32 Å². The van der Waals surface area contributed by atoms with Crippen LogP contribution in [0.1, 0.15) is 77.2 Å². The van der Waals surface area contributed by atoms with Crippen molar-refractivity contribution in [1.82, 2.24) is 19.8 Å². The lowest BCUT2D eigenvalue weighted by Crippen LogP contribution is -2.39. The second-order valence-electron chi connectivity index (χ2n) is 8.93. The highest BCUT2D eigenvalue weighted by molar-refractivity contribution is 5.96. The van der Waals surface area contributed by atoms with Crippen molar-refractivity contribution >= 4 is 23.4 Å². The molecule has 1 N–H and O–H groups in total. The van der Waals surface area contributed by atoms with E-state index >= 15 is 0 Å². The van der Waals surface area contributed by atoms with Crippen molar-refractivity contribution in [3.05, 3.63) is 53.1 Å². The van der Waals surface area contributed by atoms with Gasteiger partial charge in [-0.15, -0.1) is 0 Å². The standard InChI is InChI=1S/C25H31N5O3/c1-17-22(25(33)29-12-4-3-5-13-29)15-26-23(27-17)20-7-6-14-30(16-20)24(32)19-8-10-21(11-9-19)28-18(2)31/h8-11,15,20H,3-7,12-14,16H2,1-2H3,(H,28,31)/t20-/m0/s1. The van der Waals surface area contributed by atoms with Crippen LogP contribution >= 0.6 is 0 Å². The van der Waals surface area contributed by atoms with E-state index in [1.54, 1.807) is 30.5 Å². The zero-order chi connectivity index (χ0) is 23.4. The molecule has 2 aliphatic rings. The number of aromatic nitrogens is 2. The quantitative estimate of drug-likeness (QED) is 0.772. The third-order valence-corrected chi connectivity index (χ3v) is 6.40. The number of hydrogen-bond donors (Lipinski definition) is 1. The summed E-state index contributed by atoms with van der Waals surface area (Å²) in [5.74, 6) is 0.567. The number of amides is 3. The highest BCUT2D eigenvalue weighted by atomic mass is 16.2. The molecule has 2 fully saturated rings. The number of hydrogen-bond acceptors (Lipinski definition) is 5. The van der Waals surface area contributed by atoms with E-state index in [1.165, 1.54) is 13.3 Å². The minimum absolute atomic E-state index is 0.0157. The molecule has 4 rings (SSSR count). The van der Waals surface area contributed by atoms with Crippen LogP contribution in [0.3, 0.4) is 0 Å². The van der Waals surface area contributed by atoms with Crippen molar-refractivity contribution in [3.63, 3.8) is 0 Å². The van der Waals surface area contributed by atoms with E-state index in [0.717, 1.165) is 38.8 Å². The van der Waals surface area contributed by atoms with Crippen molar-refractivity contribution in [1.29, 1.82) is 0 Å². The van der Waals surface area contributed by atoms with Crippen molar-refractivity contribution in [2.75, 3.05) is 31.5 Å². The molecule has 0 aliphatic carbocycles. The van der Waals surface area contributed by atoms with Gasteiger partial charge in [-0.25, -0.2) is 9.97 Å². The Bertz CT molecular complexity index is 1030. The third kappa shape index (κ3) is 5.38. The van der Waals surface area contributed by atoms with Gasteiger partial charge in [0.1, 0.15) is 5.82 Å². The first-order valence-electron chi connectivity index (χ1n) is 11.7. The lowest BCUT2D eigenvalue weighted by Gasteiger charge is -2.32. The molecule has 2 aliphatic heterocycles. The van der Waals surface area contributed by atoms with Gasteiger partial charge in [0.25, 0.3) is 11.8 Å². The molecule has 1 aromatic carbocycles. The highest BCUT2D eigenvalue weighted by Gasteiger charge is 2.28. The predicted octanol–water partition coefficient (Wildman–Crippen LogP) is 3.39. The van der Waals surface area contributed by atoms with Crippen LogP contribution in [-0.2, 0) is 4.79 Å². The van der Waals surface area contributed by atoms with Crippen LogP contribution in [-0.4, -0.2) is 63.7 Å². The summed E-state index contributed by atoms with van der Waals surface area (Å²) in [6.45, 7) is 6.15. The van der Waals surface area contributed by atoms with Crippen LogP contribution in [0.5, 0.6) is 0 Å². The monoisotopic (exact) mass is 449 g/mol. The zero-order valence-electron chi connectivity index (χ0n) is 19.3. The Morgan fingerprint density at radius 1 is 0.939 bits per heavy atom. The molecule has 2 saturated heterocycles. The van der Waals surface area contributed by atoms with E-state index in [9.17, 15) is 14.4 Å². The van der Waals surface area contributed by atoms with E-state index in [4.69, 9.17) is 0 Å². The van der Waals surface area contributed by atoms with Gasteiger partial charge in [0.2, 0.25) is 5.91 Å². The third-order valence-electron chi connectivity index (χ3n) is 6.40. The van der Waals surface area contributed by atoms with Crippen LogP contribution in [0.2, 0.25) is 0 Å². The molecule has 0 unspecified atom stereocenters. The molecule has 1 atom stereocenters. The van der Waals surface area contributed by atoms with Crippen LogP contribution in [0.15, 0.2) is 30.5 Å². The number of nitrogens with one attached hydrogen (secondary N) is 1. The van der Waals surface area contributed by atoms with Gasteiger partial charge in [-0.3, -0.25) is 14.4 Å². The summed E-state index contributed by atoms with van der Waals surface area (Å²) >= 11 is 0. The Morgan fingerprint density at radius 2 is 1.64 bits per heavy atom. The molecule has 174 valence electrons. The van der Waals surface area contributed by atoms with Gasteiger partial charge in [0.05, 0.1) is 11.3 Å². The summed E-state index contributed by atoms with van der Waals surface area (Å²) in [5, 5.41) is 2.71. The maximum atomic E-state index is 13.0. The Labute approximate surface area is 194 Å². The Morgan fingerprint density at radius 3 is 2.30 bits per heavy atom. The van der Waals surface area contributed by atoms with Gasteiger partial charge < -0.3 is 15.1 Å². The van der Waals surface area contributed by atoms with Gasteiger partial charge in [-0.2, -0.15) is 0 Å². The van der Waals surface area contributed by atoms with Gasteiger partial charge in [0, 0.05) is 56.5 Å². The van der Waals surface area contributed by atoms with Crippen LogP contribution in [0.4, 0.5) is 5.69 Å². The van der Waals surface area contributed by atoms with E-state index in [1.807, 2.05) is 16.7 Å². The Kier molecular flexibility index (Phi) is 7.01. The average Bonchev–Trinajstić information content (AvgIpc) is 2.84. The number of aryl methyl sites for hydroxylation is 1. The molecule has 1 aromatic heterocycles. The van der Waals surface area contributed by atoms with Crippen molar-refractivity contribution < 1.29 is 14.4 Å². The molecular formula is C25H31N5O3. The fourth-order valence-corrected chi connectivity index (χ4v) is 4.61. The number of carbonyl (C=O) groups is 3. The number of anilines is 1. The summed E-state index contributed by atoms with van der Waals surface area (Å²) in [6.07, 6.45) is 6.71. The van der Waals surface area contributed by atoms with Crippen molar-refractivity contribution in [2.24, 2.45) is 0 Å². The van der Waals surface area contributed by atoms with E-state index in [2.05, 4.69) is 15.3 Å². The molecule has 8 nitrogen and oxygen atoms in total. The first-order chi connectivity index (χ1) is 15.9. The summed E-state index contributed by atoms with van der Waals surface area (Å²) in [4.78, 5) is 50.1. The lowest BCUT2D eigenvalue weighted by atomic mass is 9.96. The predicted molar refractivity (Wildman–Crippen MR) is 125 cm³/mol. The van der Waals surface area contributed by atoms with Crippen molar-refractivity contribution in [2.45, 2.75) is 51.9 Å². The summed E-state index contributed by atoms with van der Waals surface area (Å²) in [5.41, 5.74) is 2.53. The SMILES string of the molecule is CC(=O)Nc1ccc(C(=O)N2CCC[C@H](c3ncc(C(=O)N4CCCCC4)c(C)n3)C2)cc1. The first kappa shape index (κ1) is 22.9. The molecule has 33 heavy (non-hydrogen) atoms. The highest BCUT2D eigenvalue weighted by Crippen LogP contribution is 2.27. The molecule has 0 bridgehead atoms. The molecule has 0 spiro atoms. The van der Waals surface area contributed by atoms with Gasteiger partial charge in [0.15, 0.2) is 0 Å². The largest absolute Gasteiger partial charge is 0.339 e. The zero-order valence-corrected chi connectivity index (χ0v) is 19.3. The first-order valence-corrected chi connectivity index (χ1v) is 11.7. The summed E-state index contributed by atoms with van der Waals surface area (Å²) in [7, 11) is 0. The average molecular weight is 450 g/mol. The number of nitrogens with zero attached hydrogens (tertiary/aromatic N) is 4.